The van der Waals surface area contributed by atoms with E-state index in [1.54, 1.807) is 18.2 Å². The second kappa shape index (κ2) is 6.22. The van der Waals surface area contributed by atoms with Gasteiger partial charge in [0.15, 0.2) is 0 Å². The molecule has 1 atom stereocenters. The van der Waals surface area contributed by atoms with Crippen LogP contribution < -0.4 is 5.73 Å². The molecular weight excluding hydrogens is 341 g/mol. The van der Waals surface area contributed by atoms with Gasteiger partial charge >= 0.3 is 0 Å². The molecule has 97 valence electrons. The van der Waals surface area contributed by atoms with E-state index < -0.39 is 10.1 Å². The Bertz CT molecular complexity index is 716. The fraction of sp³-hybridized carbons (Fsp3) is 0.167. The third-order valence-electron chi connectivity index (χ3n) is 2.72. The smallest absolute Gasteiger partial charge is 0.295 e. The van der Waals surface area contributed by atoms with Gasteiger partial charge in [0.1, 0.15) is 4.90 Å². The summed E-state index contributed by atoms with van der Waals surface area (Å²) >= 11 is 3.32. The summed E-state index contributed by atoms with van der Waals surface area (Å²) in [6.45, 7) is 1.82. The van der Waals surface area contributed by atoms with Gasteiger partial charge in [-0.05, 0) is 36.1 Å². The third kappa shape index (κ3) is 3.58. The predicted octanol–water partition coefficient (Wildman–Crippen LogP) is 2.49. The first kappa shape index (κ1) is 17.1. The largest absolute Gasteiger partial charge is 0.324 e. The van der Waals surface area contributed by atoms with E-state index in [1.165, 1.54) is 6.07 Å². The molecule has 1 unspecified atom stereocenters. The zero-order chi connectivity index (χ0) is 13.5. The maximum atomic E-state index is 11.3. The van der Waals surface area contributed by atoms with Crippen LogP contribution in [0, 0.1) is 0 Å². The Morgan fingerprint density at radius 2 is 1.89 bits per heavy atom. The van der Waals surface area contributed by atoms with E-state index in [9.17, 15) is 13.0 Å². The van der Waals surface area contributed by atoms with E-state index in [4.69, 9.17) is 5.73 Å². The van der Waals surface area contributed by atoms with Gasteiger partial charge in [0.05, 0.1) is 0 Å². The fourth-order valence-corrected chi connectivity index (χ4v) is 3.13. The number of hydrogen-bond donors (Lipinski definition) is 2. The van der Waals surface area contributed by atoms with Gasteiger partial charge in [-0.2, -0.15) is 8.42 Å². The van der Waals surface area contributed by atoms with Crippen LogP contribution in [0.25, 0.3) is 10.8 Å². The van der Waals surface area contributed by atoms with Gasteiger partial charge in [-0.3, -0.25) is 4.55 Å². The normalized spacial score (nSPS) is 13.1. The van der Waals surface area contributed by atoms with Crippen LogP contribution in [0.15, 0.2) is 39.7 Å². The molecule has 0 saturated carbocycles. The second-order valence-corrected chi connectivity index (χ2v) is 6.42. The van der Waals surface area contributed by atoms with E-state index in [0.29, 0.717) is 5.39 Å². The van der Waals surface area contributed by atoms with Crippen molar-refractivity contribution in [2.24, 2.45) is 5.73 Å². The number of halogens is 1. The zero-order valence-electron chi connectivity index (χ0n) is 10.6. The Morgan fingerprint density at radius 1 is 1.26 bits per heavy atom. The molecule has 3 N–H and O–H groups in total. The van der Waals surface area contributed by atoms with Crippen LogP contribution in [-0.2, 0) is 10.1 Å². The number of benzene rings is 2. The average Bonchev–Trinajstić information content (AvgIpc) is 2.25. The topological polar surface area (TPSA) is 80.4 Å². The summed E-state index contributed by atoms with van der Waals surface area (Å²) in [5, 5.41) is 1.19. The number of rotatable bonds is 2. The Kier molecular flexibility index (Phi) is 5.60. The number of fused-ring (bicyclic) bond motifs is 1. The van der Waals surface area contributed by atoms with E-state index in [2.05, 4.69) is 15.9 Å². The van der Waals surface area contributed by atoms with Crippen molar-refractivity contribution in [3.63, 3.8) is 0 Å². The van der Waals surface area contributed by atoms with Crippen molar-refractivity contribution in [3.05, 3.63) is 40.4 Å². The molecule has 19 heavy (non-hydrogen) atoms. The van der Waals surface area contributed by atoms with Gasteiger partial charge in [-0.15, -0.1) is 0 Å². The van der Waals surface area contributed by atoms with Crippen molar-refractivity contribution in [2.45, 2.75) is 17.9 Å². The summed E-state index contributed by atoms with van der Waals surface area (Å²) in [4.78, 5) is -0.108. The van der Waals surface area contributed by atoms with Crippen molar-refractivity contribution in [1.82, 2.24) is 0 Å². The van der Waals surface area contributed by atoms with Crippen LogP contribution in [0.2, 0.25) is 0 Å². The predicted molar refractivity (Wildman–Crippen MR) is 79.8 cm³/mol. The molecule has 2 aromatic rings. The molecule has 0 aliphatic carbocycles. The van der Waals surface area contributed by atoms with Gasteiger partial charge < -0.3 is 5.73 Å². The first-order chi connectivity index (χ1) is 8.30. The maximum absolute atomic E-state index is 11.3. The zero-order valence-corrected chi connectivity index (χ0v) is 15.0. The van der Waals surface area contributed by atoms with E-state index in [1.807, 2.05) is 13.0 Å². The molecule has 0 fully saturated rings. The summed E-state index contributed by atoms with van der Waals surface area (Å²) in [5.41, 5.74) is 6.70. The van der Waals surface area contributed by atoms with Gasteiger partial charge in [0.2, 0.25) is 0 Å². The summed E-state index contributed by atoms with van der Waals surface area (Å²) in [5.74, 6) is 0. The van der Waals surface area contributed by atoms with E-state index >= 15 is 0 Å². The minimum atomic E-state index is -4.25. The molecule has 2 aromatic carbocycles. The first-order valence-electron chi connectivity index (χ1n) is 5.26. The third-order valence-corrected chi connectivity index (χ3v) is 4.09. The minimum absolute atomic E-state index is 0. The van der Waals surface area contributed by atoms with Crippen molar-refractivity contribution < 1.29 is 13.0 Å². The summed E-state index contributed by atoms with van der Waals surface area (Å²) < 4.78 is 32.7. The summed E-state index contributed by atoms with van der Waals surface area (Å²) in [6, 6.07) is 8.02. The van der Waals surface area contributed by atoms with Crippen LogP contribution in [-0.4, -0.2) is 42.5 Å². The van der Waals surface area contributed by atoms with E-state index in [-0.39, 0.29) is 40.5 Å². The van der Waals surface area contributed by atoms with Crippen LogP contribution in [0.5, 0.6) is 0 Å². The molecule has 1 radical (unpaired) electrons. The van der Waals surface area contributed by atoms with Gasteiger partial charge in [-0.1, -0.05) is 28.1 Å². The van der Waals surface area contributed by atoms with Crippen molar-refractivity contribution >= 4 is 66.4 Å². The maximum Gasteiger partial charge on any atom is 0.295 e. The minimum Gasteiger partial charge on any atom is -0.324 e. The van der Waals surface area contributed by atoms with Crippen LogP contribution in [0.4, 0.5) is 0 Å². The SMILES string of the molecule is CC(N)c1cc(Br)cc2c(S(=O)(=O)O)cccc12.[Na]. The number of nitrogens with two attached hydrogens (primary N) is 1. The fourth-order valence-electron chi connectivity index (χ4n) is 1.95. The summed E-state index contributed by atoms with van der Waals surface area (Å²) in [7, 11) is -4.25. The Balaban J connectivity index is 0.00000180. The standard InChI is InChI=1S/C12H12BrNO3S.Na/c1-7(14)10-5-8(13)6-11-9(10)3-2-4-12(11)18(15,16)17;/h2-7H,14H2,1H3,(H,15,16,17);. The van der Waals surface area contributed by atoms with Crippen LogP contribution >= 0.6 is 15.9 Å². The molecule has 0 aliphatic heterocycles. The molecule has 0 heterocycles. The summed E-state index contributed by atoms with van der Waals surface area (Å²) in [6.07, 6.45) is 0. The average molecular weight is 353 g/mol. The Morgan fingerprint density at radius 3 is 2.42 bits per heavy atom. The first-order valence-corrected chi connectivity index (χ1v) is 7.49. The Hall–Kier alpha value is 0.0500. The van der Waals surface area contributed by atoms with E-state index in [0.717, 1.165) is 15.4 Å². The van der Waals surface area contributed by atoms with Crippen molar-refractivity contribution in [3.8, 4) is 0 Å². The second-order valence-electron chi connectivity index (χ2n) is 4.11. The quantitative estimate of drug-likeness (QED) is 0.642. The molecule has 0 bridgehead atoms. The molecule has 0 amide bonds. The molecule has 4 nitrogen and oxygen atoms in total. The molecule has 0 aliphatic rings. The number of hydrogen-bond acceptors (Lipinski definition) is 3. The van der Waals surface area contributed by atoms with Crippen molar-refractivity contribution in [2.75, 3.05) is 0 Å². The molecular formula is C12H12BrNNaO3S. The van der Waals surface area contributed by atoms with Gasteiger partial charge in [-0.25, -0.2) is 0 Å². The Labute approximate surface area is 142 Å². The van der Waals surface area contributed by atoms with Crippen LogP contribution in [0.3, 0.4) is 0 Å². The molecule has 0 spiro atoms. The van der Waals surface area contributed by atoms with Crippen molar-refractivity contribution in [1.29, 1.82) is 0 Å². The molecule has 7 heteroatoms. The monoisotopic (exact) mass is 352 g/mol. The molecule has 0 saturated heterocycles. The van der Waals surface area contributed by atoms with Crippen LogP contribution in [0.1, 0.15) is 18.5 Å². The van der Waals surface area contributed by atoms with Gasteiger partial charge in [0, 0.05) is 45.5 Å². The van der Waals surface area contributed by atoms with Gasteiger partial charge in [0.25, 0.3) is 10.1 Å². The molecule has 0 aromatic heterocycles. The molecule has 2 rings (SSSR count).